The predicted octanol–water partition coefficient (Wildman–Crippen LogP) is 4.08. The Bertz CT molecular complexity index is 621. The third kappa shape index (κ3) is 3.39. The lowest BCUT2D eigenvalue weighted by Gasteiger charge is -2.13. The Labute approximate surface area is 127 Å². The summed E-state index contributed by atoms with van der Waals surface area (Å²) in [5, 5.41) is 2.91. The normalized spacial score (nSPS) is 10.2. The maximum absolute atomic E-state index is 12.3. The Morgan fingerprint density at radius 1 is 1.10 bits per heavy atom. The standard InChI is InChI=1S/C16H17BrN2O/c1-11-4-5-12(17)10-15(11)16(20)18-13-6-8-14(9-7-13)19(2)3/h4-10H,1-3H3,(H,18,20). The van der Waals surface area contributed by atoms with Crippen molar-refractivity contribution in [2.24, 2.45) is 0 Å². The van der Waals surface area contributed by atoms with Gasteiger partial charge in [0.2, 0.25) is 0 Å². The molecule has 0 spiro atoms. The molecule has 0 aliphatic heterocycles. The minimum atomic E-state index is -0.0959. The molecule has 0 unspecified atom stereocenters. The van der Waals surface area contributed by atoms with E-state index in [0.717, 1.165) is 21.4 Å². The molecule has 0 radical (unpaired) electrons. The first kappa shape index (κ1) is 14.6. The van der Waals surface area contributed by atoms with Crippen molar-refractivity contribution in [1.82, 2.24) is 0 Å². The van der Waals surface area contributed by atoms with E-state index in [9.17, 15) is 4.79 Å². The third-order valence-electron chi connectivity index (χ3n) is 3.09. The SMILES string of the molecule is Cc1ccc(Br)cc1C(=O)Nc1ccc(N(C)C)cc1. The van der Waals surface area contributed by atoms with Crippen LogP contribution in [0.15, 0.2) is 46.9 Å². The van der Waals surface area contributed by atoms with Gasteiger partial charge in [-0.25, -0.2) is 0 Å². The van der Waals surface area contributed by atoms with Crippen molar-refractivity contribution in [3.8, 4) is 0 Å². The van der Waals surface area contributed by atoms with Gasteiger partial charge in [-0.2, -0.15) is 0 Å². The highest BCUT2D eigenvalue weighted by molar-refractivity contribution is 9.10. The molecule has 1 N–H and O–H groups in total. The second-order valence-electron chi connectivity index (χ2n) is 4.85. The van der Waals surface area contributed by atoms with Gasteiger partial charge in [-0.05, 0) is 48.9 Å². The number of carbonyl (C=O) groups excluding carboxylic acids is 1. The zero-order chi connectivity index (χ0) is 14.7. The van der Waals surface area contributed by atoms with E-state index in [1.165, 1.54) is 0 Å². The van der Waals surface area contributed by atoms with Crippen molar-refractivity contribution in [2.45, 2.75) is 6.92 Å². The first-order valence-electron chi connectivity index (χ1n) is 6.32. The number of benzene rings is 2. The number of carbonyl (C=O) groups is 1. The van der Waals surface area contributed by atoms with Gasteiger partial charge >= 0.3 is 0 Å². The van der Waals surface area contributed by atoms with Gasteiger partial charge in [0.05, 0.1) is 0 Å². The fraction of sp³-hybridized carbons (Fsp3) is 0.188. The first-order chi connectivity index (χ1) is 9.47. The molecule has 0 heterocycles. The molecule has 2 aromatic carbocycles. The monoisotopic (exact) mass is 332 g/mol. The van der Waals surface area contributed by atoms with Crippen LogP contribution >= 0.6 is 15.9 Å². The van der Waals surface area contributed by atoms with Crippen LogP contribution in [-0.2, 0) is 0 Å². The van der Waals surface area contributed by atoms with Crippen LogP contribution in [0, 0.1) is 6.92 Å². The molecule has 104 valence electrons. The molecule has 0 aromatic heterocycles. The third-order valence-corrected chi connectivity index (χ3v) is 3.58. The number of hydrogen-bond donors (Lipinski definition) is 1. The zero-order valence-electron chi connectivity index (χ0n) is 11.8. The summed E-state index contributed by atoms with van der Waals surface area (Å²) in [7, 11) is 3.97. The molecule has 0 saturated carbocycles. The van der Waals surface area contributed by atoms with Crippen molar-refractivity contribution < 1.29 is 4.79 Å². The summed E-state index contributed by atoms with van der Waals surface area (Å²) in [6, 6.07) is 13.4. The Balaban J connectivity index is 2.17. The minimum absolute atomic E-state index is 0.0959. The van der Waals surface area contributed by atoms with Crippen molar-refractivity contribution >= 4 is 33.2 Å². The van der Waals surface area contributed by atoms with Crippen LogP contribution in [-0.4, -0.2) is 20.0 Å². The average molecular weight is 333 g/mol. The summed E-state index contributed by atoms with van der Waals surface area (Å²) in [5.74, 6) is -0.0959. The quantitative estimate of drug-likeness (QED) is 0.918. The van der Waals surface area contributed by atoms with Gasteiger partial charge < -0.3 is 10.2 Å². The minimum Gasteiger partial charge on any atom is -0.378 e. The van der Waals surface area contributed by atoms with E-state index in [-0.39, 0.29) is 5.91 Å². The Hall–Kier alpha value is -1.81. The van der Waals surface area contributed by atoms with Crippen molar-refractivity contribution in [3.63, 3.8) is 0 Å². The van der Waals surface area contributed by atoms with E-state index in [2.05, 4.69) is 21.2 Å². The lowest BCUT2D eigenvalue weighted by molar-refractivity contribution is 0.102. The molecule has 2 aromatic rings. The van der Waals surface area contributed by atoms with Crippen LogP contribution < -0.4 is 10.2 Å². The fourth-order valence-electron chi connectivity index (χ4n) is 1.88. The Morgan fingerprint density at radius 3 is 2.35 bits per heavy atom. The molecule has 0 atom stereocenters. The molecule has 0 saturated heterocycles. The van der Waals surface area contributed by atoms with E-state index < -0.39 is 0 Å². The smallest absolute Gasteiger partial charge is 0.255 e. The molecule has 0 aliphatic rings. The summed E-state index contributed by atoms with van der Waals surface area (Å²) in [5.41, 5.74) is 3.52. The van der Waals surface area contributed by atoms with Gasteiger partial charge in [-0.1, -0.05) is 22.0 Å². The van der Waals surface area contributed by atoms with Gasteiger partial charge in [0.1, 0.15) is 0 Å². The molecule has 2 rings (SSSR count). The van der Waals surface area contributed by atoms with Crippen LogP contribution in [0.1, 0.15) is 15.9 Å². The maximum Gasteiger partial charge on any atom is 0.255 e. The highest BCUT2D eigenvalue weighted by Gasteiger charge is 2.09. The zero-order valence-corrected chi connectivity index (χ0v) is 13.4. The number of hydrogen-bond acceptors (Lipinski definition) is 2. The second kappa shape index (κ2) is 6.09. The molecule has 0 aliphatic carbocycles. The Kier molecular flexibility index (Phi) is 4.45. The summed E-state index contributed by atoms with van der Waals surface area (Å²) >= 11 is 3.39. The van der Waals surface area contributed by atoms with Gasteiger partial charge in [-0.15, -0.1) is 0 Å². The van der Waals surface area contributed by atoms with E-state index in [1.807, 2.05) is 68.4 Å². The van der Waals surface area contributed by atoms with Crippen molar-refractivity contribution in [3.05, 3.63) is 58.1 Å². The topological polar surface area (TPSA) is 32.3 Å². The highest BCUT2D eigenvalue weighted by Crippen LogP contribution is 2.19. The number of halogens is 1. The summed E-state index contributed by atoms with van der Waals surface area (Å²) in [4.78, 5) is 14.3. The van der Waals surface area contributed by atoms with E-state index in [4.69, 9.17) is 0 Å². The molecule has 4 heteroatoms. The maximum atomic E-state index is 12.3. The average Bonchev–Trinajstić information content (AvgIpc) is 2.42. The van der Waals surface area contributed by atoms with Crippen LogP contribution in [0.25, 0.3) is 0 Å². The molecule has 1 amide bonds. The van der Waals surface area contributed by atoms with Gasteiger partial charge in [0.25, 0.3) is 5.91 Å². The number of aryl methyl sites for hydroxylation is 1. The fourth-order valence-corrected chi connectivity index (χ4v) is 2.24. The van der Waals surface area contributed by atoms with Gasteiger partial charge in [0.15, 0.2) is 0 Å². The van der Waals surface area contributed by atoms with Gasteiger partial charge in [0, 0.05) is 35.5 Å². The summed E-state index contributed by atoms with van der Waals surface area (Å²) in [6.07, 6.45) is 0. The summed E-state index contributed by atoms with van der Waals surface area (Å²) < 4.78 is 0.899. The molecule has 3 nitrogen and oxygen atoms in total. The van der Waals surface area contributed by atoms with E-state index in [1.54, 1.807) is 0 Å². The van der Waals surface area contributed by atoms with Crippen molar-refractivity contribution in [2.75, 3.05) is 24.3 Å². The largest absolute Gasteiger partial charge is 0.378 e. The Morgan fingerprint density at radius 2 is 1.75 bits per heavy atom. The number of anilines is 2. The van der Waals surface area contributed by atoms with Gasteiger partial charge in [-0.3, -0.25) is 4.79 Å². The first-order valence-corrected chi connectivity index (χ1v) is 7.11. The van der Waals surface area contributed by atoms with Crippen LogP contribution in [0.4, 0.5) is 11.4 Å². The van der Waals surface area contributed by atoms with Crippen molar-refractivity contribution in [1.29, 1.82) is 0 Å². The number of nitrogens with zero attached hydrogens (tertiary/aromatic N) is 1. The molecular weight excluding hydrogens is 316 g/mol. The van der Waals surface area contributed by atoms with Crippen LogP contribution in [0.3, 0.4) is 0 Å². The molecule has 0 fully saturated rings. The number of rotatable bonds is 3. The van der Waals surface area contributed by atoms with E-state index in [0.29, 0.717) is 5.56 Å². The number of nitrogens with one attached hydrogen (secondary N) is 1. The summed E-state index contributed by atoms with van der Waals surface area (Å²) in [6.45, 7) is 1.93. The molecule has 20 heavy (non-hydrogen) atoms. The lowest BCUT2D eigenvalue weighted by Crippen LogP contribution is -2.14. The molecule has 0 bridgehead atoms. The lowest BCUT2D eigenvalue weighted by atomic mass is 10.1. The molecular formula is C16H17BrN2O. The van der Waals surface area contributed by atoms with E-state index >= 15 is 0 Å². The predicted molar refractivity (Wildman–Crippen MR) is 87.6 cm³/mol. The highest BCUT2D eigenvalue weighted by atomic mass is 79.9. The van der Waals surface area contributed by atoms with Crippen LogP contribution in [0.2, 0.25) is 0 Å². The van der Waals surface area contributed by atoms with Crippen LogP contribution in [0.5, 0.6) is 0 Å². The number of amides is 1. The second-order valence-corrected chi connectivity index (χ2v) is 5.77.